The van der Waals surface area contributed by atoms with Crippen LogP contribution in [0.5, 0.6) is 0 Å². The van der Waals surface area contributed by atoms with Crippen LogP contribution in [0.4, 0.5) is 30.7 Å². The molecule has 0 spiro atoms. The van der Waals surface area contributed by atoms with Crippen molar-refractivity contribution in [2.24, 2.45) is 5.92 Å². The van der Waals surface area contributed by atoms with Gasteiger partial charge in [0, 0.05) is 11.5 Å². The van der Waals surface area contributed by atoms with E-state index in [2.05, 4.69) is 11.7 Å². The lowest BCUT2D eigenvalue weighted by Crippen LogP contribution is -2.29. The molecule has 3 aromatic carbocycles. The van der Waals surface area contributed by atoms with Gasteiger partial charge in [-0.1, -0.05) is 61.9 Å². The van der Waals surface area contributed by atoms with Crippen molar-refractivity contribution in [3.05, 3.63) is 83.4 Å². The van der Waals surface area contributed by atoms with Crippen molar-refractivity contribution in [1.82, 2.24) is 0 Å². The predicted octanol–water partition coefficient (Wildman–Crippen LogP) is 8.35. The lowest BCUT2D eigenvalue weighted by molar-refractivity contribution is -0.432. The molecule has 0 bridgehead atoms. The van der Waals surface area contributed by atoms with Crippen LogP contribution >= 0.6 is 0 Å². The van der Waals surface area contributed by atoms with Gasteiger partial charge in [-0.05, 0) is 40.8 Å². The molecule has 10 heteroatoms. The highest BCUT2D eigenvalue weighted by molar-refractivity contribution is 5.71. The molecule has 0 saturated carbocycles. The Labute approximate surface area is 208 Å². The molecule has 0 atom stereocenters. The zero-order valence-electron chi connectivity index (χ0n) is 19.6. The van der Waals surface area contributed by atoms with Crippen molar-refractivity contribution >= 4 is 0 Å². The molecule has 1 heterocycles. The van der Waals surface area contributed by atoms with Crippen LogP contribution < -0.4 is 0 Å². The van der Waals surface area contributed by atoms with E-state index in [9.17, 15) is 30.7 Å². The molecular formula is C27H23F7O3. The van der Waals surface area contributed by atoms with Crippen LogP contribution in [0.15, 0.2) is 60.7 Å². The number of halogens is 7. The van der Waals surface area contributed by atoms with Crippen LogP contribution in [0.2, 0.25) is 0 Å². The van der Waals surface area contributed by atoms with Gasteiger partial charge < -0.3 is 9.47 Å². The molecule has 3 nitrogen and oxygen atoms in total. The lowest BCUT2D eigenvalue weighted by Gasteiger charge is -2.29. The van der Waals surface area contributed by atoms with E-state index in [0.717, 1.165) is 29.5 Å². The minimum absolute atomic E-state index is 0.128. The number of hydrogen-bond donors (Lipinski definition) is 0. The maximum absolute atomic E-state index is 14.3. The van der Waals surface area contributed by atoms with Gasteiger partial charge in [0.05, 0.1) is 13.2 Å². The second-order valence-corrected chi connectivity index (χ2v) is 8.73. The monoisotopic (exact) mass is 528 g/mol. The van der Waals surface area contributed by atoms with Gasteiger partial charge in [-0.15, -0.1) is 13.2 Å². The van der Waals surface area contributed by atoms with E-state index in [0.29, 0.717) is 31.3 Å². The van der Waals surface area contributed by atoms with Gasteiger partial charge in [-0.2, -0.15) is 8.78 Å². The number of alkyl halides is 5. The summed E-state index contributed by atoms with van der Waals surface area (Å²) in [5.41, 5.74) is 0.509. The first-order valence-corrected chi connectivity index (χ1v) is 11.5. The first kappa shape index (κ1) is 27.1. The maximum Gasteiger partial charge on any atom is 0.527 e. The second-order valence-electron chi connectivity index (χ2n) is 8.73. The fraction of sp³-hybridized carbons (Fsp3) is 0.333. The summed E-state index contributed by atoms with van der Waals surface area (Å²) < 4.78 is 107. The summed E-state index contributed by atoms with van der Waals surface area (Å²) in [5, 5.41) is 0. The summed E-state index contributed by atoms with van der Waals surface area (Å²) in [7, 11) is 0. The van der Waals surface area contributed by atoms with E-state index in [-0.39, 0.29) is 11.1 Å². The highest BCUT2D eigenvalue weighted by Crippen LogP contribution is 2.40. The van der Waals surface area contributed by atoms with Crippen LogP contribution in [0, 0.1) is 17.6 Å². The first-order valence-electron chi connectivity index (χ1n) is 11.5. The Morgan fingerprint density at radius 3 is 1.68 bits per heavy atom. The molecule has 0 N–H and O–H groups in total. The molecule has 0 radical (unpaired) electrons. The van der Waals surface area contributed by atoms with Gasteiger partial charge in [0.1, 0.15) is 17.2 Å². The molecule has 1 aliphatic heterocycles. The zero-order valence-corrected chi connectivity index (χ0v) is 19.6. The van der Waals surface area contributed by atoms with Gasteiger partial charge in [0.2, 0.25) is 0 Å². The Kier molecular flexibility index (Phi) is 7.91. The summed E-state index contributed by atoms with van der Waals surface area (Å²) in [5.74, 6) is -3.34. The molecule has 0 aromatic heterocycles. The standard InChI is InChI=1S/C27H23F7O3/c1-2-3-16-14-35-25(36-15-16)20-10-8-18(9-11-20)17-4-6-19(7-5-17)21-12-22(28)24(23(29)13-21)26(30,31)37-27(32,33)34/h4-13,16,25H,2-3,14-15H2,1H3. The molecular weight excluding hydrogens is 505 g/mol. The Morgan fingerprint density at radius 1 is 0.757 bits per heavy atom. The Balaban J connectivity index is 1.48. The van der Waals surface area contributed by atoms with Gasteiger partial charge in [-0.3, -0.25) is 0 Å². The molecule has 198 valence electrons. The average molecular weight is 528 g/mol. The largest absolute Gasteiger partial charge is 0.527 e. The van der Waals surface area contributed by atoms with Gasteiger partial charge in [0.15, 0.2) is 6.29 Å². The molecule has 37 heavy (non-hydrogen) atoms. The number of ether oxygens (including phenoxy) is 3. The van der Waals surface area contributed by atoms with Crippen molar-refractivity contribution < 1.29 is 44.9 Å². The van der Waals surface area contributed by atoms with Crippen LogP contribution in [0.3, 0.4) is 0 Å². The molecule has 3 aromatic rings. The summed E-state index contributed by atoms with van der Waals surface area (Å²) in [4.78, 5) is 0. The predicted molar refractivity (Wildman–Crippen MR) is 121 cm³/mol. The number of benzene rings is 3. The van der Waals surface area contributed by atoms with Gasteiger partial charge >= 0.3 is 12.5 Å². The van der Waals surface area contributed by atoms with Crippen molar-refractivity contribution in [3.63, 3.8) is 0 Å². The van der Waals surface area contributed by atoms with E-state index in [1.165, 1.54) is 12.1 Å². The smallest absolute Gasteiger partial charge is 0.348 e. The molecule has 1 saturated heterocycles. The number of hydrogen-bond acceptors (Lipinski definition) is 3. The third-order valence-electron chi connectivity index (χ3n) is 5.98. The zero-order chi connectivity index (χ0) is 26.8. The summed E-state index contributed by atoms with van der Waals surface area (Å²) >= 11 is 0. The van der Waals surface area contributed by atoms with E-state index >= 15 is 0 Å². The Hall–Kier alpha value is -2.95. The van der Waals surface area contributed by atoms with Crippen molar-refractivity contribution in [3.8, 4) is 22.3 Å². The minimum atomic E-state index is -5.79. The molecule has 0 amide bonds. The molecule has 1 fully saturated rings. The van der Waals surface area contributed by atoms with E-state index in [1.54, 1.807) is 12.1 Å². The molecule has 1 aliphatic rings. The molecule has 4 rings (SSSR count). The third-order valence-corrected chi connectivity index (χ3v) is 5.98. The van der Waals surface area contributed by atoms with Gasteiger partial charge in [0.25, 0.3) is 0 Å². The SMILES string of the molecule is CCCC1COC(c2ccc(-c3ccc(-c4cc(F)c(C(F)(F)OC(F)(F)F)c(F)c4)cc3)cc2)OC1. The normalized spacial score (nSPS) is 18.7. The van der Waals surface area contributed by atoms with Crippen molar-refractivity contribution in [2.45, 2.75) is 38.5 Å². The third kappa shape index (κ3) is 6.49. The minimum Gasteiger partial charge on any atom is -0.348 e. The summed E-state index contributed by atoms with van der Waals surface area (Å²) in [6.07, 6.45) is -9.34. The van der Waals surface area contributed by atoms with E-state index in [1.807, 2.05) is 24.3 Å². The van der Waals surface area contributed by atoms with Crippen LogP contribution in [-0.2, 0) is 20.3 Å². The Morgan fingerprint density at radius 2 is 1.22 bits per heavy atom. The fourth-order valence-corrected chi connectivity index (χ4v) is 4.21. The van der Waals surface area contributed by atoms with E-state index < -0.39 is 36.0 Å². The summed E-state index contributed by atoms with van der Waals surface area (Å²) in [6.45, 7) is 3.39. The van der Waals surface area contributed by atoms with Crippen LogP contribution in [-0.4, -0.2) is 19.6 Å². The highest BCUT2D eigenvalue weighted by Gasteiger charge is 2.49. The number of rotatable bonds is 7. The summed E-state index contributed by atoms with van der Waals surface area (Å²) in [6, 6.07) is 14.9. The molecule has 0 unspecified atom stereocenters. The van der Waals surface area contributed by atoms with E-state index in [4.69, 9.17) is 9.47 Å². The topological polar surface area (TPSA) is 27.7 Å². The highest BCUT2D eigenvalue weighted by atomic mass is 19.4. The van der Waals surface area contributed by atoms with Gasteiger partial charge in [-0.25, -0.2) is 13.5 Å². The Bertz CT molecular complexity index is 1180. The fourth-order valence-electron chi connectivity index (χ4n) is 4.21. The first-order chi connectivity index (χ1) is 17.5. The maximum atomic E-state index is 14.3. The quantitative estimate of drug-likeness (QED) is 0.289. The average Bonchev–Trinajstić information content (AvgIpc) is 2.83. The van der Waals surface area contributed by atoms with Crippen molar-refractivity contribution in [1.29, 1.82) is 0 Å². The molecule has 0 aliphatic carbocycles. The second kappa shape index (κ2) is 10.8. The lowest BCUT2D eigenvalue weighted by atomic mass is 9.98. The van der Waals surface area contributed by atoms with Crippen LogP contribution in [0.25, 0.3) is 22.3 Å². The van der Waals surface area contributed by atoms with Crippen LogP contribution in [0.1, 0.15) is 37.2 Å². The van der Waals surface area contributed by atoms with Crippen molar-refractivity contribution in [2.75, 3.05) is 13.2 Å².